The zero-order valence-electron chi connectivity index (χ0n) is 18.5. The number of amides is 1. The van der Waals surface area contributed by atoms with Gasteiger partial charge in [0.1, 0.15) is 0 Å². The monoisotopic (exact) mass is 405 g/mol. The first-order valence-electron chi connectivity index (χ1n) is 11.8. The molecule has 0 spiro atoms. The lowest BCUT2D eigenvalue weighted by molar-refractivity contribution is -0.122. The van der Waals surface area contributed by atoms with Gasteiger partial charge in [-0.15, -0.1) is 0 Å². The molecule has 2 atom stereocenters. The molecule has 3 N–H and O–H groups in total. The maximum Gasteiger partial charge on any atom is 0.220 e. The van der Waals surface area contributed by atoms with Crippen LogP contribution in [-0.4, -0.2) is 28.8 Å². The molecular weight excluding hydrogens is 362 g/mol. The first-order valence-corrected chi connectivity index (χ1v) is 11.8. The number of aliphatic hydroxyl groups is 2. The fourth-order valence-electron chi connectivity index (χ4n) is 3.69. The molecule has 0 saturated carbocycles. The Morgan fingerprint density at radius 2 is 1.38 bits per heavy atom. The van der Waals surface area contributed by atoms with E-state index in [-0.39, 0.29) is 12.5 Å². The maximum absolute atomic E-state index is 12.1. The Labute approximate surface area is 178 Å². The third kappa shape index (κ3) is 13.5. The largest absolute Gasteiger partial charge is 0.394 e. The second-order valence-electron chi connectivity index (χ2n) is 8.25. The number of aliphatic hydroxyl groups excluding tert-OH is 2. The Morgan fingerprint density at radius 1 is 0.862 bits per heavy atom. The van der Waals surface area contributed by atoms with Crippen LogP contribution in [0.1, 0.15) is 108 Å². The summed E-state index contributed by atoms with van der Waals surface area (Å²) in [6, 6.07) is 8.95. The highest BCUT2D eigenvalue weighted by Crippen LogP contribution is 2.18. The van der Waals surface area contributed by atoms with Gasteiger partial charge in [0, 0.05) is 6.42 Å². The van der Waals surface area contributed by atoms with Gasteiger partial charge in [-0.2, -0.15) is 0 Å². The van der Waals surface area contributed by atoms with E-state index in [4.69, 9.17) is 0 Å². The van der Waals surface area contributed by atoms with Crippen LogP contribution in [0.2, 0.25) is 0 Å². The molecule has 1 amide bonds. The molecule has 0 aliphatic heterocycles. The van der Waals surface area contributed by atoms with Crippen LogP contribution < -0.4 is 5.32 Å². The number of hydrogen-bond donors (Lipinski definition) is 3. The fraction of sp³-hybridized carbons (Fsp3) is 0.720. The summed E-state index contributed by atoms with van der Waals surface area (Å²) in [6.45, 7) is 2.10. The van der Waals surface area contributed by atoms with Gasteiger partial charge in [-0.3, -0.25) is 4.79 Å². The van der Waals surface area contributed by atoms with E-state index < -0.39 is 12.1 Å². The van der Waals surface area contributed by atoms with Crippen LogP contribution in [-0.2, 0) is 4.79 Å². The normalized spacial score (nSPS) is 13.2. The van der Waals surface area contributed by atoms with Crippen molar-refractivity contribution in [2.45, 2.75) is 109 Å². The molecule has 0 aliphatic rings. The lowest BCUT2D eigenvalue weighted by Gasteiger charge is -2.20. The lowest BCUT2D eigenvalue weighted by atomic mass is 10.0. The third-order valence-corrected chi connectivity index (χ3v) is 5.54. The van der Waals surface area contributed by atoms with Gasteiger partial charge in [-0.05, 0) is 18.4 Å². The van der Waals surface area contributed by atoms with Crippen LogP contribution >= 0.6 is 0 Å². The van der Waals surface area contributed by atoms with Gasteiger partial charge < -0.3 is 15.5 Å². The number of nitrogens with one attached hydrogen (secondary N) is 1. The Morgan fingerprint density at radius 3 is 1.90 bits per heavy atom. The summed E-state index contributed by atoms with van der Waals surface area (Å²) in [4.78, 5) is 12.1. The van der Waals surface area contributed by atoms with Crippen LogP contribution in [0.4, 0.5) is 0 Å². The molecule has 166 valence electrons. The van der Waals surface area contributed by atoms with Crippen LogP contribution in [0, 0.1) is 0 Å². The van der Waals surface area contributed by atoms with Gasteiger partial charge in [0.25, 0.3) is 0 Å². The van der Waals surface area contributed by atoms with Crippen molar-refractivity contribution in [3.63, 3.8) is 0 Å². The summed E-state index contributed by atoms with van der Waals surface area (Å²) in [7, 11) is 0. The predicted molar refractivity (Wildman–Crippen MR) is 121 cm³/mol. The number of unbranched alkanes of at least 4 members (excludes halogenated alkanes) is 11. The second-order valence-corrected chi connectivity index (χ2v) is 8.25. The Balaban J connectivity index is 2.02. The minimum atomic E-state index is -0.680. The van der Waals surface area contributed by atoms with Crippen molar-refractivity contribution < 1.29 is 15.0 Å². The molecular formula is C25H43NO3. The number of hydrogen-bond acceptors (Lipinski definition) is 3. The zero-order chi connectivity index (χ0) is 21.2. The van der Waals surface area contributed by atoms with Crippen molar-refractivity contribution in [3.05, 3.63) is 35.9 Å². The molecule has 29 heavy (non-hydrogen) atoms. The third-order valence-electron chi connectivity index (χ3n) is 5.54. The Kier molecular flexibility index (Phi) is 15.4. The highest BCUT2D eigenvalue weighted by molar-refractivity contribution is 5.76. The molecule has 1 aromatic rings. The van der Waals surface area contributed by atoms with Crippen molar-refractivity contribution >= 4 is 5.91 Å². The molecule has 1 rings (SSSR count). The average molecular weight is 406 g/mol. The number of carbonyl (C=O) groups is 1. The molecule has 0 saturated heterocycles. The maximum atomic E-state index is 12.1. The summed E-state index contributed by atoms with van der Waals surface area (Å²) < 4.78 is 0. The highest BCUT2D eigenvalue weighted by Gasteiger charge is 2.17. The Bertz CT molecular complexity index is 506. The molecule has 0 unspecified atom stereocenters. The van der Waals surface area contributed by atoms with Crippen LogP contribution in [0.15, 0.2) is 30.3 Å². The first kappa shape index (κ1) is 25.6. The smallest absolute Gasteiger partial charge is 0.220 e. The van der Waals surface area contributed by atoms with E-state index in [2.05, 4.69) is 12.2 Å². The second kappa shape index (κ2) is 17.5. The minimum Gasteiger partial charge on any atom is -0.394 e. The molecule has 4 heteroatoms. The molecule has 0 heterocycles. The van der Waals surface area contributed by atoms with Gasteiger partial charge in [-0.1, -0.05) is 108 Å². The van der Waals surface area contributed by atoms with Gasteiger partial charge in [0.15, 0.2) is 0 Å². The SMILES string of the molecule is CCCCCCCCCCCCCCC(=O)N[C@@H](CO)C[C@@H](O)c1ccccc1. The van der Waals surface area contributed by atoms with Crippen molar-refractivity contribution in [2.24, 2.45) is 0 Å². The van der Waals surface area contributed by atoms with E-state index in [1.165, 1.54) is 64.2 Å². The van der Waals surface area contributed by atoms with Gasteiger partial charge in [0.2, 0.25) is 5.91 Å². The van der Waals surface area contributed by atoms with Crippen LogP contribution in [0.5, 0.6) is 0 Å². The average Bonchev–Trinajstić information content (AvgIpc) is 2.74. The summed E-state index contributed by atoms with van der Waals surface area (Å²) in [6.07, 6.45) is 15.4. The quantitative estimate of drug-likeness (QED) is 0.275. The Hall–Kier alpha value is -1.39. The topological polar surface area (TPSA) is 69.6 Å². The highest BCUT2D eigenvalue weighted by atomic mass is 16.3. The molecule has 4 nitrogen and oxygen atoms in total. The lowest BCUT2D eigenvalue weighted by Crippen LogP contribution is -2.38. The first-order chi connectivity index (χ1) is 14.2. The number of carbonyl (C=O) groups excluding carboxylic acids is 1. The van der Waals surface area contributed by atoms with Crippen molar-refractivity contribution in [3.8, 4) is 0 Å². The molecule has 1 aromatic carbocycles. The van der Waals surface area contributed by atoms with Gasteiger partial charge in [-0.25, -0.2) is 0 Å². The molecule has 0 bridgehead atoms. The molecule has 0 radical (unpaired) electrons. The number of rotatable bonds is 18. The van der Waals surface area contributed by atoms with E-state index >= 15 is 0 Å². The van der Waals surface area contributed by atoms with E-state index in [0.29, 0.717) is 12.8 Å². The summed E-state index contributed by atoms with van der Waals surface area (Å²) >= 11 is 0. The van der Waals surface area contributed by atoms with E-state index in [9.17, 15) is 15.0 Å². The molecule has 0 aromatic heterocycles. The number of benzene rings is 1. The van der Waals surface area contributed by atoms with Gasteiger partial charge in [0.05, 0.1) is 18.8 Å². The van der Waals surface area contributed by atoms with Crippen LogP contribution in [0.3, 0.4) is 0 Å². The molecule has 0 fully saturated rings. The fourth-order valence-corrected chi connectivity index (χ4v) is 3.69. The van der Waals surface area contributed by atoms with E-state index in [1.807, 2.05) is 30.3 Å². The van der Waals surface area contributed by atoms with E-state index in [0.717, 1.165) is 18.4 Å². The predicted octanol–water partition coefficient (Wildman–Crippen LogP) is 5.68. The van der Waals surface area contributed by atoms with Crippen LogP contribution in [0.25, 0.3) is 0 Å². The standard InChI is InChI=1S/C25H43NO3/c1-2-3-4-5-6-7-8-9-10-11-12-16-19-25(29)26-23(21-27)20-24(28)22-17-14-13-15-18-22/h13-15,17-18,23-24,27-28H,2-12,16,19-21H2,1H3,(H,26,29)/t23-,24-/m1/s1. The summed E-state index contributed by atoms with van der Waals surface area (Å²) in [5, 5.41) is 22.6. The van der Waals surface area contributed by atoms with Crippen molar-refractivity contribution in [1.82, 2.24) is 5.32 Å². The van der Waals surface area contributed by atoms with Crippen molar-refractivity contribution in [2.75, 3.05) is 6.61 Å². The zero-order valence-corrected chi connectivity index (χ0v) is 18.5. The summed E-state index contributed by atoms with van der Waals surface area (Å²) in [5.74, 6) is -0.0311. The summed E-state index contributed by atoms with van der Waals surface area (Å²) in [5.41, 5.74) is 0.807. The van der Waals surface area contributed by atoms with Crippen molar-refractivity contribution in [1.29, 1.82) is 0 Å². The van der Waals surface area contributed by atoms with E-state index in [1.54, 1.807) is 0 Å². The molecule has 0 aliphatic carbocycles. The van der Waals surface area contributed by atoms with Gasteiger partial charge >= 0.3 is 0 Å². The minimum absolute atomic E-state index is 0.0311.